The highest BCUT2D eigenvalue weighted by atomic mass is 19.1. The molecule has 0 fully saturated rings. The summed E-state index contributed by atoms with van der Waals surface area (Å²) in [4.78, 5) is 14.2. The Hall–Kier alpha value is -1.39. The van der Waals surface area contributed by atoms with E-state index in [0.717, 1.165) is 10.8 Å². The normalized spacial score (nSPS) is 9.73. The molecule has 1 aromatic rings. The average Bonchev–Trinajstić information content (AvgIpc) is 1.97. The molecule has 0 atom stereocenters. The van der Waals surface area contributed by atoms with E-state index in [4.69, 9.17) is 0 Å². The molecular formula is C6H8FN3O. The third kappa shape index (κ3) is 1.36. The first-order chi connectivity index (χ1) is 5.15. The Bertz CT molecular complexity index is 320. The van der Waals surface area contributed by atoms with Crippen LogP contribution in [-0.2, 0) is 7.05 Å². The molecule has 1 heterocycles. The highest BCUT2D eigenvalue weighted by Gasteiger charge is 2.02. The number of nitrogens with zero attached hydrogens (tertiary/aromatic N) is 2. The van der Waals surface area contributed by atoms with Gasteiger partial charge in [-0.3, -0.25) is 4.57 Å². The van der Waals surface area contributed by atoms with E-state index in [-0.39, 0.29) is 5.82 Å². The van der Waals surface area contributed by atoms with E-state index >= 15 is 0 Å². The number of hydrogen-bond donors (Lipinski definition) is 1. The first-order valence-corrected chi connectivity index (χ1v) is 3.06. The van der Waals surface area contributed by atoms with E-state index in [9.17, 15) is 9.18 Å². The molecule has 0 amide bonds. The molecule has 0 saturated carbocycles. The van der Waals surface area contributed by atoms with Gasteiger partial charge in [-0.1, -0.05) is 0 Å². The lowest BCUT2D eigenvalue weighted by Crippen LogP contribution is -2.21. The number of rotatable bonds is 1. The average molecular weight is 157 g/mol. The van der Waals surface area contributed by atoms with Crippen molar-refractivity contribution >= 4 is 5.82 Å². The highest BCUT2D eigenvalue weighted by Crippen LogP contribution is 2.03. The van der Waals surface area contributed by atoms with E-state index in [2.05, 4.69) is 10.3 Å². The summed E-state index contributed by atoms with van der Waals surface area (Å²) in [6, 6.07) is 0. The number of anilines is 1. The molecule has 0 aliphatic rings. The lowest BCUT2D eigenvalue weighted by Gasteiger charge is -2.00. The predicted octanol–water partition coefficient (Wildman–Crippen LogP) is -0.0389. The minimum atomic E-state index is -0.533. The van der Waals surface area contributed by atoms with E-state index < -0.39 is 11.5 Å². The fraction of sp³-hybridized carbons (Fsp3) is 0.333. The van der Waals surface area contributed by atoms with Crippen molar-refractivity contribution in [3.8, 4) is 0 Å². The molecule has 11 heavy (non-hydrogen) atoms. The predicted molar refractivity (Wildman–Crippen MR) is 39.0 cm³/mol. The van der Waals surface area contributed by atoms with Gasteiger partial charge in [0.05, 0.1) is 0 Å². The van der Waals surface area contributed by atoms with E-state index in [1.807, 2.05) is 0 Å². The molecule has 0 aliphatic heterocycles. The van der Waals surface area contributed by atoms with Crippen molar-refractivity contribution < 1.29 is 4.39 Å². The number of halogens is 1. The van der Waals surface area contributed by atoms with Crippen molar-refractivity contribution in [3.63, 3.8) is 0 Å². The van der Waals surface area contributed by atoms with Crippen LogP contribution in [0.3, 0.4) is 0 Å². The van der Waals surface area contributed by atoms with Crippen LogP contribution in [-0.4, -0.2) is 16.6 Å². The first-order valence-electron chi connectivity index (χ1n) is 3.06. The molecule has 60 valence electrons. The van der Waals surface area contributed by atoms with Crippen LogP contribution in [0.4, 0.5) is 10.2 Å². The lowest BCUT2D eigenvalue weighted by molar-refractivity contribution is 0.596. The van der Waals surface area contributed by atoms with Crippen LogP contribution in [0.1, 0.15) is 0 Å². The number of hydrogen-bond acceptors (Lipinski definition) is 3. The second kappa shape index (κ2) is 2.69. The van der Waals surface area contributed by atoms with Crippen LogP contribution in [0.2, 0.25) is 0 Å². The Labute approximate surface area is 62.7 Å². The molecule has 5 heteroatoms. The molecule has 1 N–H and O–H groups in total. The Morgan fingerprint density at radius 2 is 2.36 bits per heavy atom. The molecule has 0 aliphatic carbocycles. The summed E-state index contributed by atoms with van der Waals surface area (Å²) in [7, 11) is 2.95. The summed E-state index contributed by atoms with van der Waals surface area (Å²) >= 11 is 0. The largest absolute Gasteiger partial charge is 0.370 e. The maximum Gasteiger partial charge on any atom is 0.349 e. The van der Waals surface area contributed by atoms with Crippen LogP contribution in [0, 0.1) is 5.82 Å². The summed E-state index contributed by atoms with van der Waals surface area (Å²) < 4.78 is 13.8. The van der Waals surface area contributed by atoms with Gasteiger partial charge >= 0.3 is 5.69 Å². The molecule has 0 unspecified atom stereocenters. The minimum absolute atomic E-state index is 0.0203. The van der Waals surface area contributed by atoms with Crippen molar-refractivity contribution in [2.45, 2.75) is 0 Å². The van der Waals surface area contributed by atoms with Gasteiger partial charge < -0.3 is 5.32 Å². The molecule has 1 rings (SSSR count). The lowest BCUT2D eigenvalue weighted by atomic mass is 10.5. The van der Waals surface area contributed by atoms with Crippen LogP contribution >= 0.6 is 0 Å². The zero-order valence-electron chi connectivity index (χ0n) is 6.26. The van der Waals surface area contributed by atoms with Gasteiger partial charge in [-0.2, -0.15) is 4.98 Å². The highest BCUT2D eigenvalue weighted by molar-refractivity contribution is 5.32. The molecule has 0 spiro atoms. The monoisotopic (exact) mass is 157 g/mol. The fourth-order valence-corrected chi connectivity index (χ4v) is 0.690. The van der Waals surface area contributed by atoms with Gasteiger partial charge in [-0.05, 0) is 0 Å². The molecular weight excluding hydrogens is 149 g/mol. The second-order valence-corrected chi connectivity index (χ2v) is 2.08. The fourth-order valence-electron chi connectivity index (χ4n) is 0.690. The van der Waals surface area contributed by atoms with Gasteiger partial charge in [0, 0.05) is 20.3 Å². The van der Waals surface area contributed by atoms with E-state index in [1.54, 1.807) is 0 Å². The quantitative estimate of drug-likeness (QED) is 0.622. The molecule has 0 bridgehead atoms. The van der Waals surface area contributed by atoms with Crippen molar-refractivity contribution in [1.82, 2.24) is 9.55 Å². The van der Waals surface area contributed by atoms with Gasteiger partial charge in [-0.25, -0.2) is 9.18 Å². The molecule has 0 aromatic carbocycles. The number of nitrogens with one attached hydrogen (secondary N) is 1. The topological polar surface area (TPSA) is 46.9 Å². The Kier molecular flexibility index (Phi) is 1.89. The number of aromatic nitrogens is 2. The first kappa shape index (κ1) is 7.71. The van der Waals surface area contributed by atoms with E-state index in [0.29, 0.717) is 0 Å². The third-order valence-electron chi connectivity index (χ3n) is 1.28. The Morgan fingerprint density at radius 3 is 2.91 bits per heavy atom. The molecule has 0 saturated heterocycles. The molecule has 4 nitrogen and oxygen atoms in total. The van der Waals surface area contributed by atoms with Crippen molar-refractivity contribution in [2.75, 3.05) is 12.4 Å². The van der Waals surface area contributed by atoms with Crippen LogP contribution in [0.15, 0.2) is 11.0 Å². The summed E-state index contributed by atoms with van der Waals surface area (Å²) in [5.41, 5.74) is -0.476. The van der Waals surface area contributed by atoms with Crippen molar-refractivity contribution in [3.05, 3.63) is 22.5 Å². The van der Waals surface area contributed by atoms with Crippen molar-refractivity contribution in [2.24, 2.45) is 7.05 Å². The maximum atomic E-state index is 12.7. The zero-order valence-corrected chi connectivity index (χ0v) is 6.26. The zero-order chi connectivity index (χ0) is 8.43. The Balaban J connectivity index is 3.32. The van der Waals surface area contributed by atoms with Crippen LogP contribution in [0.25, 0.3) is 0 Å². The SMILES string of the molecule is CNc1nc(=O)n(C)cc1F. The Morgan fingerprint density at radius 1 is 1.73 bits per heavy atom. The second-order valence-electron chi connectivity index (χ2n) is 2.08. The molecule has 0 radical (unpaired) electrons. The van der Waals surface area contributed by atoms with Gasteiger partial charge in [0.25, 0.3) is 0 Å². The number of aryl methyl sites for hydroxylation is 1. The summed E-state index contributed by atoms with van der Waals surface area (Å²) in [5, 5.41) is 2.46. The minimum Gasteiger partial charge on any atom is -0.370 e. The summed E-state index contributed by atoms with van der Waals surface area (Å²) in [6.07, 6.45) is 1.08. The molecule has 1 aromatic heterocycles. The van der Waals surface area contributed by atoms with Gasteiger partial charge in [0.15, 0.2) is 11.6 Å². The smallest absolute Gasteiger partial charge is 0.349 e. The van der Waals surface area contributed by atoms with Gasteiger partial charge in [0.2, 0.25) is 0 Å². The van der Waals surface area contributed by atoms with Crippen LogP contribution < -0.4 is 11.0 Å². The standard InChI is InChI=1S/C6H8FN3O/c1-8-5-4(7)3-10(2)6(11)9-5/h3H,1-2H3,(H,8,9,11). The maximum absolute atomic E-state index is 12.7. The van der Waals surface area contributed by atoms with Gasteiger partial charge in [0.1, 0.15) is 0 Å². The van der Waals surface area contributed by atoms with E-state index in [1.165, 1.54) is 14.1 Å². The van der Waals surface area contributed by atoms with Crippen LogP contribution in [0.5, 0.6) is 0 Å². The van der Waals surface area contributed by atoms with Gasteiger partial charge in [-0.15, -0.1) is 0 Å². The summed E-state index contributed by atoms with van der Waals surface area (Å²) in [5.74, 6) is -0.553. The third-order valence-corrected chi connectivity index (χ3v) is 1.28. The summed E-state index contributed by atoms with van der Waals surface area (Å²) in [6.45, 7) is 0. The van der Waals surface area contributed by atoms with Crippen molar-refractivity contribution in [1.29, 1.82) is 0 Å².